The van der Waals surface area contributed by atoms with Crippen molar-refractivity contribution < 1.29 is 38.4 Å². The summed E-state index contributed by atoms with van der Waals surface area (Å²) in [6, 6.07) is 15.1. The van der Waals surface area contributed by atoms with Crippen LogP contribution < -0.4 is 5.32 Å². The summed E-state index contributed by atoms with van der Waals surface area (Å²) >= 11 is 0. The van der Waals surface area contributed by atoms with E-state index in [-0.39, 0.29) is 49.2 Å². The van der Waals surface area contributed by atoms with Gasteiger partial charge in [-0.3, -0.25) is 19.3 Å². The van der Waals surface area contributed by atoms with Crippen molar-refractivity contribution in [1.29, 1.82) is 0 Å². The molecule has 0 radical (unpaired) electrons. The summed E-state index contributed by atoms with van der Waals surface area (Å²) in [4.78, 5) is 38.6. The SMILES string of the molecule is CC(=O)O[C@@H](C)C(=O)NCc1ccc([C@@H]2O[C@H](CN3CCC[C@H]3C(=O)OC(C)(C)C)[C@H](C)[C@H](c3ccc(CO)cc3)O2)cc1. The second-order valence-corrected chi connectivity index (χ2v) is 12.7. The molecular weight excluding hydrogens is 564 g/mol. The number of rotatable bonds is 10. The van der Waals surface area contributed by atoms with Gasteiger partial charge in [-0.15, -0.1) is 0 Å². The van der Waals surface area contributed by atoms with Crippen molar-refractivity contribution in [2.75, 3.05) is 13.1 Å². The number of nitrogens with one attached hydrogen (secondary N) is 1. The second-order valence-electron chi connectivity index (χ2n) is 12.7. The van der Waals surface area contributed by atoms with Crippen LogP contribution in [-0.2, 0) is 46.5 Å². The summed E-state index contributed by atoms with van der Waals surface area (Å²) in [6.07, 6.45) is -0.386. The van der Waals surface area contributed by atoms with Crippen LogP contribution in [0, 0.1) is 5.92 Å². The Balaban J connectivity index is 1.51. The molecule has 0 aliphatic carbocycles. The van der Waals surface area contributed by atoms with E-state index in [9.17, 15) is 19.5 Å². The lowest BCUT2D eigenvalue weighted by molar-refractivity contribution is -0.276. The van der Waals surface area contributed by atoms with Crippen molar-refractivity contribution in [2.45, 2.75) is 104 Å². The van der Waals surface area contributed by atoms with Crippen molar-refractivity contribution in [3.63, 3.8) is 0 Å². The summed E-state index contributed by atoms with van der Waals surface area (Å²) in [6.45, 7) is 12.1. The van der Waals surface area contributed by atoms with Gasteiger partial charge < -0.3 is 29.4 Å². The van der Waals surface area contributed by atoms with Gasteiger partial charge >= 0.3 is 11.9 Å². The fraction of sp³-hybridized carbons (Fsp3) is 0.559. The molecular formula is C34H46N2O8. The van der Waals surface area contributed by atoms with Gasteiger partial charge in [0.15, 0.2) is 12.4 Å². The fourth-order valence-corrected chi connectivity index (χ4v) is 5.67. The van der Waals surface area contributed by atoms with E-state index < -0.39 is 24.0 Å². The number of aliphatic hydroxyl groups is 1. The number of esters is 2. The maximum atomic E-state index is 13.0. The van der Waals surface area contributed by atoms with Crippen molar-refractivity contribution in [3.05, 3.63) is 70.8 Å². The van der Waals surface area contributed by atoms with Crippen molar-refractivity contribution in [3.8, 4) is 0 Å². The van der Waals surface area contributed by atoms with E-state index in [4.69, 9.17) is 18.9 Å². The first-order chi connectivity index (χ1) is 20.8. The molecule has 2 aliphatic rings. The average molecular weight is 611 g/mol. The van der Waals surface area contributed by atoms with Gasteiger partial charge in [-0.1, -0.05) is 55.5 Å². The minimum Gasteiger partial charge on any atom is -0.459 e. The Kier molecular flexibility index (Phi) is 11.2. The van der Waals surface area contributed by atoms with Crippen LogP contribution in [0.2, 0.25) is 0 Å². The largest absolute Gasteiger partial charge is 0.459 e. The summed E-state index contributed by atoms with van der Waals surface area (Å²) in [5.41, 5.74) is 2.95. The molecule has 2 aromatic carbocycles. The van der Waals surface area contributed by atoms with Gasteiger partial charge in [0.1, 0.15) is 11.6 Å². The highest BCUT2D eigenvalue weighted by Gasteiger charge is 2.42. The number of carbonyl (C=O) groups excluding carboxylic acids is 3. The van der Waals surface area contributed by atoms with Crippen LogP contribution in [0.3, 0.4) is 0 Å². The Morgan fingerprint density at radius 2 is 1.66 bits per heavy atom. The number of benzene rings is 2. The normalized spacial score (nSPS) is 24.8. The molecule has 0 aromatic heterocycles. The summed E-state index contributed by atoms with van der Waals surface area (Å²) in [7, 11) is 0. The Morgan fingerprint density at radius 1 is 1.02 bits per heavy atom. The first-order valence-corrected chi connectivity index (χ1v) is 15.4. The standard InChI is InChI=1S/C34H46N2O8/c1-21-29(19-36-17-7-8-28(36)32(40)44-34(4,5)6)42-33(43-30(21)26-13-11-25(20-37)12-14-26)27-15-9-24(10-16-27)18-35-31(39)22(2)41-23(3)38/h9-16,21-22,28-30,33,37H,7-8,17-20H2,1-6H3,(H,35,39)/t21-,22-,28-,29+,30+,33+/m0/s1. The van der Waals surface area contributed by atoms with Crippen molar-refractivity contribution in [1.82, 2.24) is 10.2 Å². The lowest BCUT2D eigenvalue weighted by Crippen LogP contribution is -2.48. The fourth-order valence-electron chi connectivity index (χ4n) is 5.67. The number of nitrogens with zero attached hydrogens (tertiary/aromatic N) is 1. The zero-order valence-electron chi connectivity index (χ0n) is 26.6. The third-order valence-corrected chi connectivity index (χ3v) is 8.01. The van der Waals surface area contributed by atoms with Gasteiger partial charge in [0, 0.05) is 31.5 Å². The molecule has 0 spiro atoms. The third kappa shape index (κ3) is 8.88. The van der Waals surface area contributed by atoms with Crippen LogP contribution in [0.1, 0.15) is 89.0 Å². The smallest absolute Gasteiger partial charge is 0.323 e. The minimum absolute atomic E-state index is 0.0280. The number of hydrogen-bond acceptors (Lipinski definition) is 9. The molecule has 6 atom stereocenters. The molecule has 44 heavy (non-hydrogen) atoms. The van der Waals surface area contributed by atoms with Gasteiger partial charge in [0.25, 0.3) is 5.91 Å². The van der Waals surface area contributed by atoms with Crippen LogP contribution >= 0.6 is 0 Å². The highest BCUT2D eigenvalue weighted by atomic mass is 16.7. The van der Waals surface area contributed by atoms with Crippen LogP contribution in [-0.4, -0.2) is 64.8 Å². The van der Waals surface area contributed by atoms with Crippen molar-refractivity contribution >= 4 is 17.8 Å². The molecule has 2 fully saturated rings. The van der Waals surface area contributed by atoms with E-state index in [2.05, 4.69) is 17.1 Å². The van der Waals surface area contributed by atoms with E-state index in [0.717, 1.165) is 41.6 Å². The average Bonchev–Trinajstić information content (AvgIpc) is 3.44. The lowest BCUT2D eigenvalue weighted by Gasteiger charge is -2.43. The number of likely N-dealkylation sites (tertiary alicyclic amines) is 1. The first kappa shape index (κ1) is 33.6. The van der Waals surface area contributed by atoms with E-state index >= 15 is 0 Å². The predicted molar refractivity (Wildman–Crippen MR) is 163 cm³/mol. The van der Waals surface area contributed by atoms with E-state index in [1.54, 1.807) is 0 Å². The molecule has 2 N–H and O–H groups in total. The summed E-state index contributed by atoms with van der Waals surface area (Å²) in [5, 5.41) is 12.3. The molecule has 0 bridgehead atoms. The molecule has 2 aromatic rings. The summed E-state index contributed by atoms with van der Waals surface area (Å²) in [5.74, 6) is -1.11. The maximum absolute atomic E-state index is 13.0. The zero-order valence-corrected chi connectivity index (χ0v) is 26.6. The number of aliphatic hydroxyl groups excluding tert-OH is 1. The predicted octanol–water partition coefficient (Wildman–Crippen LogP) is 4.34. The Bertz CT molecular complexity index is 1270. The molecule has 1 amide bonds. The molecule has 10 nitrogen and oxygen atoms in total. The zero-order chi connectivity index (χ0) is 32.0. The van der Waals surface area contributed by atoms with Gasteiger partial charge in [0.2, 0.25) is 0 Å². The lowest BCUT2D eigenvalue weighted by atomic mass is 9.90. The molecule has 10 heteroatoms. The Morgan fingerprint density at radius 3 is 2.27 bits per heavy atom. The van der Waals surface area contributed by atoms with E-state index in [0.29, 0.717) is 6.54 Å². The molecule has 0 saturated carbocycles. The van der Waals surface area contributed by atoms with Crippen LogP contribution in [0.25, 0.3) is 0 Å². The van der Waals surface area contributed by atoms with E-state index in [1.807, 2.05) is 69.3 Å². The van der Waals surface area contributed by atoms with Gasteiger partial charge in [-0.25, -0.2) is 0 Å². The topological polar surface area (TPSA) is 124 Å². The minimum atomic E-state index is -0.872. The number of amides is 1. The molecule has 2 aliphatic heterocycles. The number of hydrogen-bond donors (Lipinski definition) is 2. The molecule has 240 valence electrons. The number of ether oxygens (including phenoxy) is 4. The molecule has 2 heterocycles. The molecule has 2 saturated heterocycles. The van der Waals surface area contributed by atoms with Gasteiger partial charge in [-0.2, -0.15) is 0 Å². The maximum Gasteiger partial charge on any atom is 0.323 e. The second kappa shape index (κ2) is 14.6. The third-order valence-electron chi connectivity index (χ3n) is 8.01. The monoisotopic (exact) mass is 610 g/mol. The highest BCUT2D eigenvalue weighted by Crippen LogP contribution is 2.42. The van der Waals surface area contributed by atoms with Crippen LogP contribution in [0.4, 0.5) is 0 Å². The molecule has 4 rings (SSSR count). The molecule has 0 unspecified atom stereocenters. The Hall–Kier alpha value is -3.31. The van der Waals surface area contributed by atoms with E-state index in [1.165, 1.54) is 13.8 Å². The van der Waals surface area contributed by atoms with Gasteiger partial charge in [-0.05, 0) is 63.8 Å². The van der Waals surface area contributed by atoms with Crippen molar-refractivity contribution in [2.24, 2.45) is 5.92 Å². The quantitative estimate of drug-likeness (QED) is 0.378. The van der Waals surface area contributed by atoms with Crippen LogP contribution in [0.5, 0.6) is 0 Å². The number of carbonyl (C=O) groups is 3. The Labute approximate surface area is 260 Å². The first-order valence-electron chi connectivity index (χ1n) is 15.4. The van der Waals surface area contributed by atoms with Crippen LogP contribution in [0.15, 0.2) is 48.5 Å². The highest BCUT2D eigenvalue weighted by molar-refractivity contribution is 5.82. The summed E-state index contributed by atoms with van der Waals surface area (Å²) < 4.78 is 23.8. The van der Waals surface area contributed by atoms with Gasteiger partial charge in [0.05, 0.1) is 18.8 Å².